The smallest absolute Gasteiger partial charge is 0.168 e. The Morgan fingerprint density at radius 3 is 2.41 bits per heavy atom. The molecule has 2 aromatic carbocycles. The summed E-state index contributed by atoms with van der Waals surface area (Å²) in [5, 5.41) is 0. The molecule has 17 heavy (non-hydrogen) atoms. The average molecular weight is 303 g/mol. The molecule has 0 N–H and O–H groups in total. The molecule has 0 atom stereocenters. The van der Waals surface area contributed by atoms with Gasteiger partial charge in [0.15, 0.2) is 11.6 Å². The summed E-state index contributed by atoms with van der Waals surface area (Å²) in [6, 6.07) is 7.09. The molecule has 2 aromatic rings. The van der Waals surface area contributed by atoms with Crippen molar-refractivity contribution >= 4 is 15.9 Å². The van der Waals surface area contributed by atoms with Gasteiger partial charge in [-0.1, -0.05) is 6.07 Å². The maximum absolute atomic E-state index is 13.3. The van der Waals surface area contributed by atoms with Crippen LogP contribution < -0.4 is 4.74 Å². The fourth-order valence-electron chi connectivity index (χ4n) is 1.24. The first kappa shape index (κ1) is 12.0. The standard InChI is InChI=1S/C12H6BrF3O/c13-9-5-12(11(16)6-10(9)15)17-8-3-1-2-7(14)4-8/h1-6H. The molecule has 0 fully saturated rings. The van der Waals surface area contributed by atoms with E-state index in [0.717, 1.165) is 12.1 Å². The molecule has 2 rings (SSSR count). The van der Waals surface area contributed by atoms with Gasteiger partial charge in [-0.3, -0.25) is 0 Å². The third kappa shape index (κ3) is 2.79. The predicted molar refractivity (Wildman–Crippen MR) is 60.5 cm³/mol. The minimum absolute atomic E-state index is 0.0744. The van der Waals surface area contributed by atoms with Crippen LogP contribution in [0.4, 0.5) is 13.2 Å². The van der Waals surface area contributed by atoms with E-state index in [1.807, 2.05) is 0 Å². The fourth-order valence-corrected chi connectivity index (χ4v) is 1.56. The van der Waals surface area contributed by atoms with E-state index >= 15 is 0 Å². The minimum atomic E-state index is -0.852. The zero-order valence-electron chi connectivity index (χ0n) is 8.38. The van der Waals surface area contributed by atoms with Crippen molar-refractivity contribution in [3.63, 3.8) is 0 Å². The van der Waals surface area contributed by atoms with Gasteiger partial charge in [0.05, 0.1) is 4.47 Å². The number of ether oxygens (including phenoxy) is 1. The van der Waals surface area contributed by atoms with Crippen LogP contribution in [0, 0.1) is 17.5 Å². The largest absolute Gasteiger partial charge is 0.454 e. The molecule has 0 unspecified atom stereocenters. The Balaban J connectivity index is 2.33. The van der Waals surface area contributed by atoms with E-state index in [-0.39, 0.29) is 16.0 Å². The molecular weight excluding hydrogens is 297 g/mol. The van der Waals surface area contributed by atoms with E-state index in [9.17, 15) is 13.2 Å². The molecule has 88 valence electrons. The zero-order valence-corrected chi connectivity index (χ0v) is 9.97. The summed E-state index contributed by atoms with van der Waals surface area (Å²) in [7, 11) is 0. The molecule has 0 spiro atoms. The molecule has 0 heterocycles. The fraction of sp³-hybridized carbons (Fsp3) is 0. The quantitative estimate of drug-likeness (QED) is 0.733. The molecule has 0 radical (unpaired) electrons. The monoisotopic (exact) mass is 302 g/mol. The van der Waals surface area contributed by atoms with Gasteiger partial charge in [-0.25, -0.2) is 13.2 Å². The zero-order chi connectivity index (χ0) is 12.4. The summed E-state index contributed by atoms with van der Waals surface area (Å²) >= 11 is 2.91. The van der Waals surface area contributed by atoms with E-state index < -0.39 is 17.5 Å². The Kier molecular flexibility index (Phi) is 3.38. The highest BCUT2D eigenvalue weighted by Gasteiger charge is 2.10. The lowest BCUT2D eigenvalue weighted by Crippen LogP contribution is -1.91. The number of hydrogen-bond acceptors (Lipinski definition) is 1. The van der Waals surface area contributed by atoms with Crippen LogP contribution in [0.2, 0.25) is 0 Å². The van der Waals surface area contributed by atoms with E-state index in [2.05, 4.69) is 15.9 Å². The Hall–Kier alpha value is -1.49. The van der Waals surface area contributed by atoms with Gasteiger partial charge in [0.2, 0.25) is 0 Å². The van der Waals surface area contributed by atoms with Gasteiger partial charge in [0, 0.05) is 18.2 Å². The molecule has 1 nitrogen and oxygen atoms in total. The van der Waals surface area contributed by atoms with Gasteiger partial charge in [-0.05, 0) is 28.1 Å². The normalized spacial score (nSPS) is 10.4. The molecular formula is C12H6BrF3O. The van der Waals surface area contributed by atoms with Crippen LogP contribution in [-0.4, -0.2) is 0 Å². The average Bonchev–Trinajstić information content (AvgIpc) is 2.26. The molecule has 5 heteroatoms. The first-order valence-corrected chi connectivity index (χ1v) is 5.43. The summed E-state index contributed by atoms with van der Waals surface area (Å²) in [4.78, 5) is 0. The molecule has 0 aliphatic rings. The van der Waals surface area contributed by atoms with Crippen LogP contribution in [0.3, 0.4) is 0 Å². The van der Waals surface area contributed by atoms with Gasteiger partial charge in [0.25, 0.3) is 0 Å². The molecule has 0 aliphatic carbocycles. The molecule has 0 aromatic heterocycles. The molecule has 0 amide bonds. The second kappa shape index (κ2) is 4.79. The highest BCUT2D eigenvalue weighted by Crippen LogP contribution is 2.29. The van der Waals surface area contributed by atoms with Crippen LogP contribution >= 0.6 is 15.9 Å². The third-order valence-corrected chi connectivity index (χ3v) is 2.61. The summed E-state index contributed by atoms with van der Waals surface area (Å²) in [5.41, 5.74) is 0. The predicted octanol–water partition coefficient (Wildman–Crippen LogP) is 4.66. The number of halogens is 4. The van der Waals surface area contributed by atoms with Crippen molar-refractivity contribution in [1.29, 1.82) is 0 Å². The van der Waals surface area contributed by atoms with Crippen molar-refractivity contribution in [2.75, 3.05) is 0 Å². The van der Waals surface area contributed by atoms with Crippen LogP contribution in [0.25, 0.3) is 0 Å². The van der Waals surface area contributed by atoms with Crippen LogP contribution in [0.15, 0.2) is 40.9 Å². The Labute approximate surface area is 104 Å². The van der Waals surface area contributed by atoms with Gasteiger partial charge in [-0.15, -0.1) is 0 Å². The van der Waals surface area contributed by atoms with Crippen LogP contribution in [-0.2, 0) is 0 Å². The van der Waals surface area contributed by atoms with Crippen molar-refractivity contribution in [3.05, 3.63) is 58.3 Å². The highest BCUT2D eigenvalue weighted by molar-refractivity contribution is 9.10. The lowest BCUT2D eigenvalue weighted by atomic mass is 10.3. The Morgan fingerprint density at radius 2 is 1.71 bits per heavy atom. The lowest BCUT2D eigenvalue weighted by Gasteiger charge is -2.07. The first-order valence-electron chi connectivity index (χ1n) is 4.64. The molecule has 0 saturated heterocycles. The molecule has 0 bridgehead atoms. The van der Waals surface area contributed by atoms with Crippen LogP contribution in [0.1, 0.15) is 0 Å². The van der Waals surface area contributed by atoms with E-state index in [4.69, 9.17) is 4.74 Å². The summed E-state index contributed by atoms with van der Waals surface area (Å²) in [5.74, 6) is -2.11. The minimum Gasteiger partial charge on any atom is -0.454 e. The van der Waals surface area contributed by atoms with Crippen molar-refractivity contribution in [3.8, 4) is 11.5 Å². The second-order valence-electron chi connectivity index (χ2n) is 3.26. The van der Waals surface area contributed by atoms with E-state index in [0.29, 0.717) is 6.07 Å². The maximum atomic E-state index is 13.3. The number of hydrogen-bond donors (Lipinski definition) is 0. The van der Waals surface area contributed by atoms with Gasteiger partial charge < -0.3 is 4.74 Å². The topological polar surface area (TPSA) is 9.23 Å². The molecule has 0 aliphatic heterocycles. The Bertz CT molecular complexity index is 557. The van der Waals surface area contributed by atoms with Gasteiger partial charge in [-0.2, -0.15) is 0 Å². The van der Waals surface area contributed by atoms with Crippen molar-refractivity contribution in [1.82, 2.24) is 0 Å². The highest BCUT2D eigenvalue weighted by atomic mass is 79.9. The van der Waals surface area contributed by atoms with E-state index in [1.165, 1.54) is 18.2 Å². The Morgan fingerprint density at radius 1 is 0.941 bits per heavy atom. The number of benzene rings is 2. The maximum Gasteiger partial charge on any atom is 0.168 e. The number of rotatable bonds is 2. The van der Waals surface area contributed by atoms with Crippen LogP contribution in [0.5, 0.6) is 11.5 Å². The summed E-state index contributed by atoms with van der Waals surface area (Å²) < 4.78 is 44.4. The van der Waals surface area contributed by atoms with Crippen molar-refractivity contribution < 1.29 is 17.9 Å². The summed E-state index contributed by atoms with van der Waals surface area (Å²) in [6.45, 7) is 0. The molecule has 0 saturated carbocycles. The summed E-state index contributed by atoms with van der Waals surface area (Å²) in [6.07, 6.45) is 0. The lowest BCUT2D eigenvalue weighted by molar-refractivity contribution is 0.433. The van der Waals surface area contributed by atoms with Gasteiger partial charge >= 0.3 is 0 Å². The second-order valence-corrected chi connectivity index (χ2v) is 4.11. The van der Waals surface area contributed by atoms with Crippen molar-refractivity contribution in [2.45, 2.75) is 0 Å². The van der Waals surface area contributed by atoms with Crippen molar-refractivity contribution in [2.24, 2.45) is 0 Å². The third-order valence-electron chi connectivity index (χ3n) is 2.00. The SMILES string of the molecule is Fc1cccc(Oc2cc(Br)c(F)cc2F)c1. The van der Waals surface area contributed by atoms with E-state index in [1.54, 1.807) is 0 Å². The van der Waals surface area contributed by atoms with Gasteiger partial charge in [0.1, 0.15) is 17.4 Å². The first-order chi connectivity index (χ1) is 8.06.